The van der Waals surface area contributed by atoms with Crippen LogP contribution in [0.5, 0.6) is 0 Å². The van der Waals surface area contributed by atoms with Crippen LogP contribution in [-0.4, -0.2) is 18.6 Å². The fraction of sp³-hybridized carbons (Fsp3) is 0.300. The number of nitrogens with one attached hydrogen (secondary N) is 1. The Morgan fingerprint density at radius 3 is 2.19 bits per heavy atom. The lowest BCUT2D eigenvalue weighted by Crippen LogP contribution is -2.41. The molecule has 1 N–H and O–H groups in total. The number of rotatable bonds is 3. The molecule has 0 saturated heterocycles. The third kappa shape index (κ3) is 3.31. The Morgan fingerprint density at radius 1 is 1.25 bits per heavy atom. The zero-order valence-electron chi connectivity index (χ0n) is 8.90. The SMILES string of the molecule is CC(C)(Br)C(=O)NS(=O)(=O)c1ccccc1. The summed E-state index contributed by atoms with van der Waals surface area (Å²) in [7, 11) is -3.77. The monoisotopic (exact) mass is 305 g/mol. The molecule has 1 rings (SSSR count). The maximum absolute atomic E-state index is 11.7. The molecule has 0 radical (unpaired) electrons. The molecule has 4 nitrogen and oxygen atoms in total. The van der Waals surface area contributed by atoms with Crippen LogP contribution in [0, 0.1) is 0 Å². The molecule has 1 aromatic rings. The molecule has 88 valence electrons. The quantitative estimate of drug-likeness (QED) is 0.864. The standard InChI is InChI=1S/C10H12BrNO3S/c1-10(2,11)9(13)12-16(14,15)8-6-4-3-5-7-8/h3-7H,1-2H3,(H,12,13). The van der Waals surface area contributed by atoms with Crippen molar-refractivity contribution in [2.75, 3.05) is 0 Å². The molecule has 0 spiro atoms. The van der Waals surface area contributed by atoms with Gasteiger partial charge in [-0.2, -0.15) is 0 Å². The predicted molar refractivity (Wildman–Crippen MR) is 64.8 cm³/mol. The minimum absolute atomic E-state index is 0.0695. The van der Waals surface area contributed by atoms with E-state index in [1.54, 1.807) is 32.0 Å². The van der Waals surface area contributed by atoms with Gasteiger partial charge < -0.3 is 0 Å². The Hall–Kier alpha value is -0.880. The molecule has 0 aliphatic heterocycles. The number of amides is 1. The number of sulfonamides is 1. The van der Waals surface area contributed by atoms with Crippen LogP contribution in [0.4, 0.5) is 0 Å². The summed E-state index contributed by atoms with van der Waals surface area (Å²) in [5.74, 6) is -0.601. The van der Waals surface area contributed by atoms with Gasteiger partial charge in [-0.05, 0) is 26.0 Å². The third-order valence-corrected chi connectivity index (χ3v) is 3.53. The second-order valence-electron chi connectivity index (χ2n) is 3.72. The van der Waals surface area contributed by atoms with Crippen LogP contribution in [0.3, 0.4) is 0 Å². The molecule has 0 fully saturated rings. The van der Waals surface area contributed by atoms with Crippen LogP contribution in [0.25, 0.3) is 0 Å². The molecule has 1 amide bonds. The first kappa shape index (κ1) is 13.2. The van der Waals surface area contributed by atoms with Crippen molar-refractivity contribution in [1.29, 1.82) is 0 Å². The van der Waals surface area contributed by atoms with Gasteiger partial charge in [0.1, 0.15) is 0 Å². The lowest BCUT2D eigenvalue weighted by Gasteiger charge is -2.15. The van der Waals surface area contributed by atoms with Crippen molar-refractivity contribution in [2.24, 2.45) is 0 Å². The van der Waals surface area contributed by atoms with Crippen LogP contribution < -0.4 is 4.72 Å². The summed E-state index contributed by atoms with van der Waals surface area (Å²) in [6.07, 6.45) is 0. The van der Waals surface area contributed by atoms with Gasteiger partial charge in [0.05, 0.1) is 9.22 Å². The number of carbonyl (C=O) groups is 1. The Morgan fingerprint density at radius 2 is 1.75 bits per heavy atom. The molecule has 0 aromatic heterocycles. The molecule has 1 aromatic carbocycles. The summed E-state index contributed by atoms with van der Waals surface area (Å²) in [6, 6.07) is 7.75. The summed E-state index contributed by atoms with van der Waals surface area (Å²) in [4.78, 5) is 11.6. The number of hydrogen-bond donors (Lipinski definition) is 1. The van der Waals surface area contributed by atoms with E-state index in [1.165, 1.54) is 12.1 Å². The molecule has 16 heavy (non-hydrogen) atoms. The number of alkyl halides is 1. The normalized spacial score (nSPS) is 12.2. The van der Waals surface area contributed by atoms with E-state index in [9.17, 15) is 13.2 Å². The van der Waals surface area contributed by atoms with Gasteiger partial charge in [-0.25, -0.2) is 13.1 Å². The topological polar surface area (TPSA) is 63.2 Å². The van der Waals surface area contributed by atoms with Gasteiger partial charge in [-0.3, -0.25) is 4.79 Å². The molecular weight excluding hydrogens is 294 g/mol. The Labute approximate surface area is 103 Å². The van der Waals surface area contributed by atoms with Crippen LogP contribution in [0.15, 0.2) is 35.2 Å². The zero-order valence-corrected chi connectivity index (χ0v) is 11.3. The third-order valence-electron chi connectivity index (χ3n) is 1.82. The van der Waals surface area contributed by atoms with Gasteiger partial charge in [0, 0.05) is 0 Å². The van der Waals surface area contributed by atoms with Gasteiger partial charge >= 0.3 is 0 Å². The second kappa shape index (κ2) is 4.55. The Balaban J connectivity index is 2.95. The van der Waals surface area contributed by atoms with Crippen LogP contribution >= 0.6 is 15.9 Å². The van der Waals surface area contributed by atoms with E-state index < -0.39 is 20.3 Å². The van der Waals surface area contributed by atoms with Crippen molar-refractivity contribution in [3.05, 3.63) is 30.3 Å². The smallest absolute Gasteiger partial charge is 0.264 e. The number of benzene rings is 1. The molecule has 0 unspecified atom stereocenters. The molecule has 0 bridgehead atoms. The van der Waals surface area contributed by atoms with Crippen molar-refractivity contribution in [1.82, 2.24) is 4.72 Å². The lowest BCUT2D eigenvalue weighted by molar-refractivity contribution is -0.120. The van der Waals surface area contributed by atoms with E-state index in [4.69, 9.17) is 0 Å². The summed E-state index contributed by atoms with van der Waals surface area (Å²) in [6.45, 7) is 3.14. The van der Waals surface area contributed by atoms with Gasteiger partial charge in [-0.1, -0.05) is 34.1 Å². The first-order valence-corrected chi connectivity index (χ1v) is 6.82. The van der Waals surface area contributed by atoms with Crippen LogP contribution in [0.1, 0.15) is 13.8 Å². The van der Waals surface area contributed by atoms with Crippen molar-refractivity contribution in [2.45, 2.75) is 23.1 Å². The van der Waals surface area contributed by atoms with Crippen molar-refractivity contribution < 1.29 is 13.2 Å². The lowest BCUT2D eigenvalue weighted by atomic mass is 10.2. The van der Waals surface area contributed by atoms with E-state index in [0.717, 1.165) is 0 Å². The van der Waals surface area contributed by atoms with Crippen molar-refractivity contribution in [3.63, 3.8) is 0 Å². The highest BCUT2D eigenvalue weighted by molar-refractivity contribution is 9.10. The highest BCUT2D eigenvalue weighted by Crippen LogP contribution is 2.17. The zero-order chi connectivity index (χ0) is 12.4. The molecule has 6 heteroatoms. The Kier molecular flexibility index (Phi) is 3.75. The van der Waals surface area contributed by atoms with Gasteiger partial charge in [0.15, 0.2) is 0 Å². The van der Waals surface area contributed by atoms with Crippen molar-refractivity contribution >= 4 is 31.9 Å². The highest BCUT2D eigenvalue weighted by Gasteiger charge is 2.28. The van der Waals surface area contributed by atoms with E-state index in [1.807, 2.05) is 4.72 Å². The Bertz CT molecular complexity index is 477. The van der Waals surface area contributed by atoms with Gasteiger partial charge in [-0.15, -0.1) is 0 Å². The van der Waals surface area contributed by atoms with Crippen LogP contribution in [-0.2, 0) is 14.8 Å². The van der Waals surface area contributed by atoms with E-state index in [2.05, 4.69) is 15.9 Å². The molecule has 0 aliphatic carbocycles. The summed E-state index contributed by atoms with van der Waals surface area (Å²) in [5, 5.41) is 0. The number of hydrogen-bond acceptors (Lipinski definition) is 3. The van der Waals surface area contributed by atoms with Gasteiger partial charge in [0.25, 0.3) is 10.0 Å². The fourth-order valence-electron chi connectivity index (χ4n) is 0.902. The molecule has 0 aliphatic rings. The highest BCUT2D eigenvalue weighted by atomic mass is 79.9. The minimum Gasteiger partial charge on any atom is -0.272 e. The first-order chi connectivity index (χ1) is 7.23. The molecular formula is C10H12BrNO3S. The summed E-state index contributed by atoms with van der Waals surface area (Å²) in [5.41, 5.74) is 0. The summed E-state index contributed by atoms with van der Waals surface area (Å²) >= 11 is 3.09. The maximum atomic E-state index is 11.7. The second-order valence-corrected chi connectivity index (χ2v) is 7.39. The van der Waals surface area contributed by atoms with E-state index in [0.29, 0.717) is 0 Å². The predicted octanol–water partition coefficient (Wildman–Crippen LogP) is 1.67. The van der Waals surface area contributed by atoms with Crippen molar-refractivity contribution in [3.8, 4) is 0 Å². The molecule has 0 atom stereocenters. The van der Waals surface area contributed by atoms with E-state index >= 15 is 0 Å². The summed E-state index contributed by atoms with van der Waals surface area (Å²) < 4.78 is 24.6. The molecule has 0 saturated carbocycles. The minimum atomic E-state index is -3.77. The fourth-order valence-corrected chi connectivity index (χ4v) is 2.26. The van der Waals surface area contributed by atoms with Gasteiger partial charge in [0.2, 0.25) is 5.91 Å². The van der Waals surface area contributed by atoms with Crippen LogP contribution in [0.2, 0.25) is 0 Å². The molecule has 0 heterocycles. The average molecular weight is 306 g/mol. The number of halogens is 1. The first-order valence-electron chi connectivity index (χ1n) is 4.55. The number of carbonyl (C=O) groups excluding carboxylic acids is 1. The maximum Gasteiger partial charge on any atom is 0.264 e. The average Bonchev–Trinajstić information content (AvgIpc) is 2.17. The largest absolute Gasteiger partial charge is 0.272 e. The van der Waals surface area contributed by atoms with E-state index in [-0.39, 0.29) is 4.90 Å².